The summed E-state index contributed by atoms with van der Waals surface area (Å²) in [6, 6.07) is 20.3. The highest BCUT2D eigenvalue weighted by Crippen LogP contribution is 2.27. The second-order valence-electron chi connectivity index (χ2n) is 6.70. The molecule has 7 heteroatoms. The van der Waals surface area contributed by atoms with Crippen molar-refractivity contribution >= 4 is 21.6 Å². The van der Waals surface area contributed by atoms with Crippen molar-refractivity contribution in [3.8, 4) is 0 Å². The van der Waals surface area contributed by atoms with Gasteiger partial charge in [0.1, 0.15) is 5.82 Å². The normalized spacial score (nSPS) is 11.1. The smallest absolute Gasteiger partial charge is 0.264 e. The first-order valence-corrected chi connectivity index (χ1v) is 10.4. The first kappa shape index (κ1) is 20.5. The summed E-state index contributed by atoms with van der Waals surface area (Å²) in [5.41, 5.74) is 1.51. The molecular formula is C22H21FN2O3S. The van der Waals surface area contributed by atoms with Crippen molar-refractivity contribution in [2.24, 2.45) is 0 Å². The molecule has 0 saturated carbocycles. The van der Waals surface area contributed by atoms with Gasteiger partial charge in [-0.25, -0.2) is 12.8 Å². The summed E-state index contributed by atoms with van der Waals surface area (Å²) in [5, 5.41) is 0. The molecule has 29 heavy (non-hydrogen) atoms. The number of benzene rings is 3. The SMILES string of the molecule is CN(C)C(=O)c1cccc(N(Cc2ccccc2)S(=O)(=O)c2ccc(F)cc2)c1. The molecule has 0 bridgehead atoms. The Hall–Kier alpha value is -3.19. The number of rotatable bonds is 6. The Balaban J connectivity index is 2.10. The molecule has 3 rings (SSSR count). The van der Waals surface area contributed by atoms with Gasteiger partial charge in [-0.3, -0.25) is 9.10 Å². The zero-order valence-corrected chi connectivity index (χ0v) is 16.9. The largest absolute Gasteiger partial charge is 0.345 e. The van der Waals surface area contributed by atoms with Crippen LogP contribution in [0.5, 0.6) is 0 Å². The Labute approximate surface area is 170 Å². The van der Waals surface area contributed by atoms with Crippen molar-refractivity contribution in [1.82, 2.24) is 4.90 Å². The Bertz CT molecular complexity index is 1100. The van der Waals surface area contributed by atoms with Gasteiger partial charge in [0.25, 0.3) is 15.9 Å². The van der Waals surface area contributed by atoms with E-state index in [0.29, 0.717) is 11.3 Å². The van der Waals surface area contributed by atoms with Crippen LogP contribution in [0.15, 0.2) is 83.8 Å². The minimum absolute atomic E-state index is 0.0285. The van der Waals surface area contributed by atoms with Gasteiger partial charge in [-0.05, 0) is 48.0 Å². The van der Waals surface area contributed by atoms with Crippen LogP contribution in [-0.2, 0) is 16.6 Å². The summed E-state index contributed by atoms with van der Waals surface area (Å²) in [6.07, 6.45) is 0. The maximum absolute atomic E-state index is 13.4. The van der Waals surface area contributed by atoms with Gasteiger partial charge in [0.05, 0.1) is 17.1 Å². The molecule has 0 aliphatic rings. The summed E-state index contributed by atoms with van der Waals surface area (Å²) in [5.74, 6) is -0.747. The predicted molar refractivity (Wildman–Crippen MR) is 111 cm³/mol. The first-order valence-electron chi connectivity index (χ1n) is 8.93. The van der Waals surface area contributed by atoms with Gasteiger partial charge < -0.3 is 4.90 Å². The van der Waals surface area contributed by atoms with Gasteiger partial charge in [-0.1, -0.05) is 36.4 Å². The number of carbonyl (C=O) groups is 1. The van der Waals surface area contributed by atoms with Gasteiger partial charge in [0, 0.05) is 19.7 Å². The molecule has 3 aromatic carbocycles. The highest BCUT2D eigenvalue weighted by molar-refractivity contribution is 7.92. The monoisotopic (exact) mass is 412 g/mol. The summed E-state index contributed by atoms with van der Waals surface area (Å²) in [6.45, 7) is 0.0696. The lowest BCUT2D eigenvalue weighted by atomic mass is 10.1. The number of amides is 1. The highest BCUT2D eigenvalue weighted by atomic mass is 32.2. The molecule has 150 valence electrons. The van der Waals surface area contributed by atoms with E-state index in [4.69, 9.17) is 0 Å². The first-order chi connectivity index (χ1) is 13.8. The number of hydrogen-bond donors (Lipinski definition) is 0. The third-order valence-electron chi connectivity index (χ3n) is 4.36. The summed E-state index contributed by atoms with van der Waals surface area (Å²) in [7, 11) is -0.728. The van der Waals surface area contributed by atoms with Gasteiger partial charge in [0.15, 0.2) is 0 Å². The van der Waals surface area contributed by atoms with Crippen LogP contribution in [-0.4, -0.2) is 33.3 Å². The molecule has 3 aromatic rings. The van der Waals surface area contributed by atoms with Crippen LogP contribution in [0, 0.1) is 5.82 Å². The zero-order chi connectivity index (χ0) is 21.0. The van der Waals surface area contributed by atoms with Crippen LogP contribution in [0.1, 0.15) is 15.9 Å². The molecule has 1 amide bonds. The fraction of sp³-hybridized carbons (Fsp3) is 0.136. The molecule has 0 radical (unpaired) electrons. The topological polar surface area (TPSA) is 57.7 Å². The number of carbonyl (C=O) groups excluding carboxylic acids is 1. The molecule has 0 N–H and O–H groups in total. The van der Waals surface area contributed by atoms with Gasteiger partial charge in [-0.2, -0.15) is 0 Å². The molecule has 0 saturated heterocycles. The molecule has 0 aliphatic heterocycles. The Morgan fingerprint density at radius 3 is 2.17 bits per heavy atom. The van der Waals surface area contributed by atoms with Crippen LogP contribution in [0.25, 0.3) is 0 Å². The number of halogens is 1. The third-order valence-corrected chi connectivity index (χ3v) is 6.15. The zero-order valence-electron chi connectivity index (χ0n) is 16.1. The maximum Gasteiger partial charge on any atom is 0.264 e. The van der Waals surface area contributed by atoms with Crippen LogP contribution in [0.2, 0.25) is 0 Å². The fourth-order valence-electron chi connectivity index (χ4n) is 2.85. The van der Waals surface area contributed by atoms with Crippen molar-refractivity contribution in [3.05, 3.63) is 95.8 Å². The molecule has 0 heterocycles. The van der Waals surface area contributed by atoms with Crippen LogP contribution in [0.4, 0.5) is 10.1 Å². The molecule has 0 spiro atoms. The number of hydrogen-bond acceptors (Lipinski definition) is 3. The van der Waals surface area contributed by atoms with Crippen molar-refractivity contribution in [3.63, 3.8) is 0 Å². The molecule has 0 aromatic heterocycles. The lowest BCUT2D eigenvalue weighted by molar-refractivity contribution is 0.0827. The molecule has 0 aliphatic carbocycles. The quantitative estimate of drug-likeness (QED) is 0.617. The molecule has 0 fully saturated rings. The van der Waals surface area contributed by atoms with E-state index in [1.54, 1.807) is 38.4 Å². The van der Waals surface area contributed by atoms with Crippen LogP contribution in [0.3, 0.4) is 0 Å². The summed E-state index contributed by atoms with van der Waals surface area (Å²) < 4.78 is 41.3. The molecule has 0 atom stereocenters. The van der Waals surface area contributed by atoms with Gasteiger partial charge in [-0.15, -0.1) is 0 Å². The Kier molecular flexibility index (Phi) is 5.98. The Morgan fingerprint density at radius 2 is 1.55 bits per heavy atom. The number of sulfonamides is 1. The summed E-state index contributed by atoms with van der Waals surface area (Å²) >= 11 is 0. The average molecular weight is 412 g/mol. The molecular weight excluding hydrogens is 391 g/mol. The number of anilines is 1. The lowest BCUT2D eigenvalue weighted by Crippen LogP contribution is -2.31. The van der Waals surface area contributed by atoms with Crippen molar-refractivity contribution in [2.75, 3.05) is 18.4 Å². The van der Waals surface area contributed by atoms with Crippen LogP contribution < -0.4 is 4.31 Å². The Morgan fingerprint density at radius 1 is 0.897 bits per heavy atom. The molecule has 0 unspecified atom stereocenters. The second-order valence-corrected chi connectivity index (χ2v) is 8.56. The second kappa shape index (κ2) is 8.45. The lowest BCUT2D eigenvalue weighted by Gasteiger charge is -2.25. The highest BCUT2D eigenvalue weighted by Gasteiger charge is 2.26. The van der Waals surface area contributed by atoms with Crippen molar-refractivity contribution in [1.29, 1.82) is 0 Å². The maximum atomic E-state index is 13.4. The standard InChI is InChI=1S/C22H21FN2O3S/c1-24(2)22(26)18-9-6-10-20(15-18)25(16-17-7-4-3-5-8-17)29(27,28)21-13-11-19(23)12-14-21/h3-15H,16H2,1-2H3. The van der Waals surface area contributed by atoms with E-state index in [1.807, 2.05) is 30.3 Å². The predicted octanol–water partition coefficient (Wildman–Crippen LogP) is 3.92. The average Bonchev–Trinajstić information content (AvgIpc) is 2.72. The minimum Gasteiger partial charge on any atom is -0.345 e. The minimum atomic E-state index is -3.99. The van der Waals surface area contributed by atoms with E-state index in [9.17, 15) is 17.6 Å². The van der Waals surface area contributed by atoms with Crippen LogP contribution >= 0.6 is 0 Å². The fourth-order valence-corrected chi connectivity index (χ4v) is 4.29. The van der Waals surface area contributed by atoms with E-state index in [1.165, 1.54) is 21.3 Å². The van der Waals surface area contributed by atoms with E-state index >= 15 is 0 Å². The van der Waals surface area contributed by atoms with Gasteiger partial charge in [0.2, 0.25) is 0 Å². The van der Waals surface area contributed by atoms with E-state index < -0.39 is 15.8 Å². The van der Waals surface area contributed by atoms with E-state index in [0.717, 1.165) is 17.7 Å². The van der Waals surface area contributed by atoms with Crippen molar-refractivity contribution in [2.45, 2.75) is 11.4 Å². The number of nitrogens with zero attached hydrogens (tertiary/aromatic N) is 2. The van der Waals surface area contributed by atoms with E-state index in [2.05, 4.69) is 0 Å². The summed E-state index contributed by atoms with van der Waals surface area (Å²) in [4.78, 5) is 13.7. The van der Waals surface area contributed by atoms with Gasteiger partial charge >= 0.3 is 0 Å². The van der Waals surface area contributed by atoms with E-state index in [-0.39, 0.29) is 17.3 Å². The molecule has 5 nitrogen and oxygen atoms in total. The third kappa shape index (κ3) is 4.63. The van der Waals surface area contributed by atoms with Crippen molar-refractivity contribution < 1.29 is 17.6 Å².